The summed E-state index contributed by atoms with van der Waals surface area (Å²) < 4.78 is 10.9. The van der Waals surface area contributed by atoms with Crippen LogP contribution in [0.1, 0.15) is 34.1 Å². The molecule has 0 saturated carbocycles. The van der Waals surface area contributed by atoms with E-state index in [0.29, 0.717) is 0 Å². The van der Waals surface area contributed by atoms with Crippen molar-refractivity contribution in [2.45, 2.75) is 40.4 Å². The van der Waals surface area contributed by atoms with Gasteiger partial charge in [-0.3, -0.25) is 0 Å². The predicted octanol–water partition coefficient (Wildman–Crippen LogP) is 3.16. The van der Waals surface area contributed by atoms with Crippen LogP contribution in [0.3, 0.4) is 0 Å². The van der Waals surface area contributed by atoms with Gasteiger partial charge in [-0.15, -0.1) is 0 Å². The minimum Gasteiger partial charge on any atom is -0.353 e. The van der Waals surface area contributed by atoms with Gasteiger partial charge in [-0.05, 0) is 31.3 Å². The van der Waals surface area contributed by atoms with Crippen molar-refractivity contribution in [1.82, 2.24) is 0 Å². The van der Waals surface area contributed by atoms with E-state index in [1.54, 1.807) is 0 Å². The van der Waals surface area contributed by atoms with Crippen LogP contribution < -0.4 is 0 Å². The van der Waals surface area contributed by atoms with E-state index in [1.807, 2.05) is 25.6 Å². The van der Waals surface area contributed by atoms with Crippen molar-refractivity contribution >= 4 is 11.8 Å². The average Bonchev–Trinajstić information content (AvgIpc) is 2.12. The molecule has 2 nitrogen and oxygen atoms in total. The first-order valence-corrected chi connectivity index (χ1v) is 6.67. The molecule has 14 heavy (non-hydrogen) atoms. The van der Waals surface area contributed by atoms with E-state index >= 15 is 0 Å². The van der Waals surface area contributed by atoms with Crippen molar-refractivity contribution in [2.24, 2.45) is 5.92 Å². The normalized spacial score (nSPS) is 11.6. The van der Waals surface area contributed by atoms with Crippen molar-refractivity contribution in [1.29, 1.82) is 0 Å². The van der Waals surface area contributed by atoms with E-state index in [1.165, 1.54) is 5.75 Å². The van der Waals surface area contributed by atoms with Gasteiger partial charge in [-0.25, -0.2) is 0 Å². The second-order valence-electron chi connectivity index (χ2n) is 3.60. The molecule has 0 aliphatic heterocycles. The van der Waals surface area contributed by atoms with Crippen LogP contribution in [0.15, 0.2) is 0 Å². The fraction of sp³-hybridized carbons (Fsp3) is 1.00. The van der Waals surface area contributed by atoms with Gasteiger partial charge in [0.15, 0.2) is 6.29 Å². The second-order valence-corrected chi connectivity index (χ2v) is 4.75. The van der Waals surface area contributed by atoms with Crippen LogP contribution in [0.2, 0.25) is 0 Å². The van der Waals surface area contributed by atoms with Crippen molar-refractivity contribution in [2.75, 3.05) is 24.7 Å². The lowest BCUT2D eigenvalue weighted by Crippen LogP contribution is -2.18. The van der Waals surface area contributed by atoms with E-state index in [2.05, 4.69) is 13.8 Å². The summed E-state index contributed by atoms with van der Waals surface area (Å²) in [5.74, 6) is 3.13. The first-order chi connectivity index (χ1) is 6.70. The summed E-state index contributed by atoms with van der Waals surface area (Å²) >= 11 is 1.98. The number of thioether (sulfide) groups is 1. The molecule has 0 spiro atoms. The van der Waals surface area contributed by atoms with Gasteiger partial charge in [0.1, 0.15) is 0 Å². The zero-order chi connectivity index (χ0) is 10.8. The molecule has 0 amide bonds. The van der Waals surface area contributed by atoms with Gasteiger partial charge in [-0.2, -0.15) is 11.8 Å². The fourth-order valence-electron chi connectivity index (χ4n) is 1.09. The van der Waals surface area contributed by atoms with Crippen molar-refractivity contribution in [3.63, 3.8) is 0 Å². The summed E-state index contributed by atoms with van der Waals surface area (Å²) in [6, 6.07) is 0. The molecule has 3 heteroatoms. The van der Waals surface area contributed by atoms with Gasteiger partial charge in [0, 0.05) is 19.6 Å². The molecule has 0 radical (unpaired) electrons. The first-order valence-electron chi connectivity index (χ1n) is 5.51. The molecule has 0 unspecified atom stereocenters. The highest BCUT2D eigenvalue weighted by molar-refractivity contribution is 7.99. The summed E-state index contributed by atoms with van der Waals surface area (Å²) in [5.41, 5.74) is 0. The van der Waals surface area contributed by atoms with Crippen LogP contribution in [0, 0.1) is 5.92 Å². The van der Waals surface area contributed by atoms with Gasteiger partial charge >= 0.3 is 0 Å². The Hall–Kier alpha value is 0.270. The molecule has 0 fully saturated rings. The topological polar surface area (TPSA) is 18.5 Å². The lowest BCUT2D eigenvalue weighted by Gasteiger charge is -2.16. The van der Waals surface area contributed by atoms with E-state index in [-0.39, 0.29) is 6.29 Å². The molecule has 0 aliphatic carbocycles. The summed E-state index contributed by atoms with van der Waals surface area (Å²) in [5, 5.41) is 0. The number of ether oxygens (including phenoxy) is 2. The van der Waals surface area contributed by atoms with Crippen molar-refractivity contribution in [3.05, 3.63) is 0 Å². The maximum Gasteiger partial charge on any atom is 0.158 e. The first kappa shape index (κ1) is 14.3. The fourth-order valence-corrected chi connectivity index (χ4v) is 2.08. The molecule has 0 N–H and O–H groups in total. The third-order valence-electron chi connectivity index (χ3n) is 1.65. The summed E-state index contributed by atoms with van der Waals surface area (Å²) in [6.07, 6.45) is 1.00. The van der Waals surface area contributed by atoms with Crippen molar-refractivity contribution in [3.8, 4) is 0 Å². The Bertz CT molecular complexity index is 112. The molecule has 0 aromatic carbocycles. The molecule has 0 aromatic heterocycles. The molecule has 0 bridgehead atoms. The predicted molar refractivity (Wildman–Crippen MR) is 63.8 cm³/mol. The van der Waals surface area contributed by atoms with Gasteiger partial charge in [0.25, 0.3) is 0 Å². The molecular weight excluding hydrogens is 196 g/mol. The van der Waals surface area contributed by atoms with Gasteiger partial charge in [-0.1, -0.05) is 13.8 Å². The van der Waals surface area contributed by atoms with E-state index < -0.39 is 0 Å². The lowest BCUT2D eigenvalue weighted by molar-refractivity contribution is -0.136. The summed E-state index contributed by atoms with van der Waals surface area (Å²) in [7, 11) is 0. The third kappa shape index (κ3) is 8.85. The Morgan fingerprint density at radius 2 is 1.64 bits per heavy atom. The molecular formula is C11H24O2S. The molecule has 0 atom stereocenters. The lowest BCUT2D eigenvalue weighted by atomic mass is 10.3. The van der Waals surface area contributed by atoms with Gasteiger partial charge in [0.2, 0.25) is 0 Å². The smallest absolute Gasteiger partial charge is 0.158 e. The van der Waals surface area contributed by atoms with E-state index in [9.17, 15) is 0 Å². The number of hydrogen-bond donors (Lipinski definition) is 0. The molecule has 0 aromatic rings. The SMILES string of the molecule is CCOC(CCSCC(C)C)OCC. The number of rotatable bonds is 9. The quantitative estimate of drug-likeness (QED) is 0.439. The standard InChI is InChI=1S/C11H24O2S/c1-5-12-11(13-6-2)7-8-14-9-10(3)4/h10-11H,5-9H2,1-4H3. The molecule has 0 rings (SSSR count). The highest BCUT2D eigenvalue weighted by atomic mass is 32.2. The van der Waals surface area contributed by atoms with Gasteiger partial charge in [0.05, 0.1) is 0 Å². The zero-order valence-electron chi connectivity index (χ0n) is 9.91. The monoisotopic (exact) mass is 220 g/mol. The summed E-state index contributed by atoms with van der Waals surface area (Å²) in [4.78, 5) is 0. The maximum atomic E-state index is 5.45. The minimum atomic E-state index is 0.00432. The van der Waals surface area contributed by atoms with Crippen LogP contribution in [0.4, 0.5) is 0 Å². The Balaban J connectivity index is 3.40. The Labute approximate surface area is 92.7 Å². The Morgan fingerprint density at radius 1 is 1.07 bits per heavy atom. The van der Waals surface area contributed by atoms with Crippen LogP contribution in [0.5, 0.6) is 0 Å². The minimum absolute atomic E-state index is 0.00432. The van der Waals surface area contributed by atoms with Crippen LogP contribution >= 0.6 is 11.8 Å². The second kappa shape index (κ2) is 9.81. The number of hydrogen-bond acceptors (Lipinski definition) is 3. The maximum absolute atomic E-state index is 5.45. The van der Waals surface area contributed by atoms with Crippen LogP contribution in [0.25, 0.3) is 0 Å². The largest absolute Gasteiger partial charge is 0.353 e. The van der Waals surface area contributed by atoms with Gasteiger partial charge < -0.3 is 9.47 Å². The highest BCUT2D eigenvalue weighted by Crippen LogP contribution is 2.12. The van der Waals surface area contributed by atoms with Crippen molar-refractivity contribution < 1.29 is 9.47 Å². The highest BCUT2D eigenvalue weighted by Gasteiger charge is 2.07. The van der Waals surface area contributed by atoms with E-state index in [4.69, 9.17) is 9.47 Å². The Morgan fingerprint density at radius 3 is 2.07 bits per heavy atom. The van der Waals surface area contributed by atoms with Crippen LogP contribution in [-0.2, 0) is 9.47 Å². The molecule has 86 valence electrons. The third-order valence-corrected chi connectivity index (χ3v) is 3.08. The molecule has 0 saturated heterocycles. The summed E-state index contributed by atoms with van der Waals surface area (Å²) in [6.45, 7) is 9.98. The molecule has 0 heterocycles. The zero-order valence-corrected chi connectivity index (χ0v) is 10.7. The van der Waals surface area contributed by atoms with Crippen LogP contribution in [-0.4, -0.2) is 31.0 Å². The molecule has 0 aliphatic rings. The van der Waals surface area contributed by atoms with E-state index in [0.717, 1.165) is 31.3 Å². The Kier molecular flexibility index (Phi) is 10.0. The average molecular weight is 220 g/mol.